The van der Waals surface area contributed by atoms with E-state index in [2.05, 4.69) is 10.7 Å². The molecule has 0 aliphatic carbocycles. The van der Waals surface area contributed by atoms with E-state index in [1.807, 2.05) is 60.7 Å². The molecule has 0 bridgehead atoms. The lowest BCUT2D eigenvalue weighted by molar-refractivity contribution is -0.141. The monoisotopic (exact) mass is 474 g/mol. The summed E-state index contributed by atoms with van der Waals surface area (Å²) in [6, 6.07) is 18.7. The summed E-state index contributed by atoms with van der Waals surface area (Å²) in [5.74, 6) is -1.33. The summed E-state index contributed by atoms with van der Waals surface area (Å²) < 4.78 is 0. The van der Waals surface area contributed by atoms with Crippen molar-refractivity contribution in [2.45, 2.75) is 38.1 Å². The molecular weight excluding hydrogens is 444 g/mol. The van der Waals surface area contributed by atoms with Gasteiger partial charge in [-0.25, -0.2) is 4.79 Å². The van der Waals surface area contributed by atoms with Crippen LogP contribution < -0.4 is 10.7 Å². The molecule has 0 aromatic heterocycles. The predicted octanol–water partition coefficient (Wildman–Crippen LogP) is 2.91. The molecule has 2 aromatic carbocycles. The van der Waals surface area contributed by atoms with Crippen LogP contribution in [0.15, 0.2) is 66.7 Å². The summed E-state index contributed by atoms with van der Waals surface area (Å²) in [6.07, 6.45) is 5.28. The van der Waals surface area contributed by atoms with Crippen LogP contribution in [0.1, 0.15) is 37.3 Å². The molecule has 2 N–H and O–H groups in total. The number of rotatable bonds is 7. The number of carbonyl (C=O) groups is 4. The van der Waals surface area contributed by atoms with Gasteiger partial charge in [0.1, 0.15) is 5.54 Å². The summed E-state index contributed by atoms with van der Waals surface area (Å²) in [4.78, 5) is 52.5. The van der Waals surface area contributed by atoms with Crippen LogP contribution in [0.4, 0.5) is 4.79 Å². The number of nitrogens with one attached hydrogen (secondary N) is 2. The third-order valence-electron chi connectivity index (χ3n) is 6.63. The Hall–Kier alpha value is -3.94. The smallest absolute Gasteiger partial charge is 0.339 e. The van der Waals surface area contributed by atoms with E-state index < -0.39 is 17.5 Å². The molecule has 2 heterocycles. The second-order valence-corrected chi connectivity index (χ2v) is 9.21. The van der Waals surface area contributed by atoms with Crippen molar-refractivity contribution in [3.8, 4) is 0 Å². The van der Waals surface area contributed by atoms with Crippen molar-refractivity contribution >= 4 is 29.8 Å². The Labute approximate surface area is 204 Å². The second kappa shape index (κ2) is 10.5. The summed E-state index contributed by atoms with van der Waals surface area (Å²) >= 11 is 0. The highest BCUT2D eigenvalue weighted by Gasteiger charge is 2.48. The largest absolute Gasteiger partial charge is 0.344 e. The van der Waals surface area contributed by atoms with Gasteiger partial charge in [-0.05, 0) is 49.8 Å². The summed E-state index contributed by atoms with van der Waals surface area (Å²) in [6.45, 7) is 2.55. The molecule has 2 aliphatic heterocycles. The number of nitrogens with zero attached hydrogens (tertiary/aromatic N) is 2. The summed E-state index contributed by atoms with van der Waals surface area (Å²) in [7, 11) is 0. The van der Waals surface area contributed by atoms with Gasteiger partial charge in [-0.2, -0.15) is 5.01 Å². The van der Waals surface area contributed by atoms with Crippen LogP contribution in [0.25, 0.3) is 6.08 Å². The van der Waals surface area contributed by atoms with Gasteiger partial charge in [-0.15, -0.1) is 0 Å². The Morgan fingerprint density at radius 3 is 2.31 bits per heavy atom. The van der Waals surface area contributed by atoms with Crippen LogP contribution in [-0.4, -0.2) is 52.3 Å². The van der Waals surface area contributed by atoms with Gasteiger partial charge >= 0.3 is 6.03 Å². The fraction of sp³-hybridized carbons (Fsp3) is 0.333. The van der Waals surface area contributed by atoms with Crippen molar-refractivity contribution in [3.05, 3.63) is 77.9 Å². The zero-order valence-electron chi connectivity index (χ0n) is 19.8. The summed E-state index contributed by atoms with van der Waals surface area (Å²) in [5.41, 5.74) is 3.44. The lowest BCUT2D eigenvalue weighted by Crippen LogP contribution is -2.52. The van der Waals surface area contributed by atoms with Gasteiger partial charge < -0.3 is 10.2 Å². The molecule has 1 atom stereocenters. The van der Waals surface area contributed by atoms with E-state index >= 15 is 0 Å². The number of carbonyl (C=O) groups excluding carboxylic acids is 4. The zero-order valence-corrected chi connectivity index (χ0v) is 19.8. The fourth-order valence-electron chi connectivity index (χ4n) is 4.39. The van der Waals surface area contributed by atoms with Gasteiger partial charge in [-0.3, -0.25) is 19.8 Å². The molecule has 182 valence electrons. The first kappa shape index (κ1) is 24.2. The third kappa shape index (κ3) is 5.77. The van der Waals surface area contributed by atoms with E-state index in [0.717, 1.165) is 16.1 Å². The number of amides is 5. The van der Waals surface area contributed by atoms with Crippen molar-refractivity contribution in [1.82, 2.24) is 20.7 Å². The Balaban J connectivity index is 1.27. The molecule has 2 aromatic rings. The number of aryl methyl sites for hydroxylation is 1. The highest BCUT2D eigenvalue weighted by molar-refractivity contribution is 6.07. The SMILES string of the molecule is CC1(CCc2ccccc2)NC(=O)N(NC(=O)C2CCN(C(=O)C=Cc3ccccc3)CC2)C1=O. The molecule has 8 nitrogen and oxygen atoms in total. The first-order chi connectivity index (χ1) is 16.9. The van der Waals surface area contributed by atoms with Crippen LogP contribution >= 0.6 is 0 Å². The van der Waals surface area contributed by atoms with Gasteiger partial charge in [0.05, 0.1) is 0 Å². The van der Waals surface area contributed by atoms with E-state index in [-0.39, 0.29) is 17.7 Å². The lowest BCUT2D eigenvalue weighted by Gasteiger charge is -2.31. The molecule has 2 aliphatic rings. The van der Waals surface area contributed by atoms with E-state index in [1.165, 1.54) is 0 Å². The van der Waals surface area contributed by atoms with Gasteiger partial charge in [0.25, 0.3) is 5.91 Å². The number of imide groups is 1. The molecule has 0 radical (unpaired) electrons. The van der Waals surface area contributed by atoms with Gasteiger partial charge in [0.15, 0.2) is 0 Å². The van der Waals surface area contributed by atoms with Gasteiger partial charge in [-0.1, -0.05) is 60.7 Å². The zero-order chi connectivity index (χ0) is 24.8. The topological polar surface area (TPSA) is 98.8 Å². The van der Waals surface area contributed by atoms with Crippen molar-refractivity contribution in [2.75, 3.05) is 13.1 Å². The maximum absolute atomic E-state index is 13.0. The first-order valence-electron chi connectivity index (χ1n) is 11.9. The fourth-order valence-corrected chi connectivity index (χ4v) is 4.39. The number of likely N-dealkylation sites (tertiary alicyclic amines) is 1. The molecular formula is C27H30N4O4. The van der Waals surface area contributed by atoms with Gasteiger partial charge in [0, 0.05) is 25.1 Å². The number of urea groups is 1. The van der Waals surface area contributed by atoms with E-state index in [4.69, 9.17) is 0 Å². The lowest BCUT2D eigenvalue weighted by atomic mass is 9.93. The Kier molecular flexibility index (Phi) is 7.29. The van der Waals surface area contributed by atoms with E-state index in [0.29, 0.717) is 38.8 Å². The van der Waals surface area contributed by atoms with Crippen LogP contribution in [0.3, 0.4) is 0 Å². The first-order valence-corrected chi connectivity index (χ1v) is 11.9. The molecule has 8 heteroatoms. The minimum atomic E-state index is -1.08. The van der Waals surface area contributed by atoms with Crippen LogP contribution in [0.5, 0.6) is 0 Å². The Morgan fingerprint density at radius 1 is 1.03 bits per heavy atom. The standard InChI is InChI=1S/C27H30N4O4/c1-27(17-14-21-10-6-3-7-11-21)25(34)31(26(35)28-27)29-24(33)22-15-18-30(19-16-22)23(32)13-12-20-8-4-2-5-9-20/h2-13,22H,14-19H2,1H3,(H,28,35)(H,29,33). The highest BCUT2D eigenvalue weighted by Crippen LogP contribution is 2.24. The number of hydrazine groups is 1. The average Bonchev–Trinajstić information content (AvgIpc) is 3.10. The van der Waals surface area contributed by atoms with E-state index in [1.54, 1.807) is 24.0 Å². The number of hydrogen-bond acceptors (Lipinski definition) is 4. The summed E-state index contributed by atoms with van der Waals surface area (Å²) in [5, 5.41) is 3.52. The molecule has 0 spiro atoms. The maximum atomic E-state index is 13.0. The maximum Gasteiger partial charge on any atom is 0.344 e. The molecule has 2 fully saturated rings. The van der Waals surface area contributed by atoms with Crippen molar-refractivity contribution < 1.29 is 19.2 Å². The highest BCUT2D eigenvalue weighted by atomic mass is 16.2. The minimum Gasteiger partial charge on any atom is -0.339 e. The van der Waals surface area contributed by atoms with Crippen LogP contribution in [0.2, 0.25) is 0 Å². The molecule has 1 unspecified atom stereocenters. The normalized spacial score (nSPS) is 20.8. The van der Waals surface area contributed by atoms with Crippen molar-refractivity contribution in [1.29, 1.82) is 0 Å². The van der Waals surface area contributed by atoms with Gasteiger partial charge in [0.2, 0.25) is 11.8 Å². The van der Waals surface area contributed by atoms with E-state index in [9.17, 15) is 19.2 Å². The molecule has 35 heavy (non-hydrogen) atoms. The van der Waals surface area contributed by atoms with Crippen molar-refractivity contribution in [3.63, 3.8) is 0 Å². The van der Waals surface area contributed by atoms with Crippen molar-refractivity contribution in [2.24, 2.45) is 5.92 Å². The quantitative estimate of drug-likeness (QED) is 0.476. The minimum absolute atomic E-state index is 0.101. The third-order valence-corrected chi connectivity index (χ3v) is 6.63. The number of benzene rings is 2. The Bertz CT molecular complexity index is 1110. The average molecular weight is 475 g/mol. The molecule has 0 saturated carbocycles. The van der Waals surface area contributed by atoms with Crippen LogP contribution in [0, 0.1) is 5.92 Å². The number of hydrogen-bond donors (Lipinski definition) is 2. The molecule has 2 saturated heterocycles. The molecule has 4 rings (SSSR count). The second-order valence-electron chi connectivity index (χ2n) is 9.21. The predicted molar refractivity (Wildman–Crippen MR) is 131 cm³/mol. The number of piperidine rings is 1. The Morgan fingerprint density at radius 2 is 1.66 bits per heavy atom. The molecule has 5 amide bonds. The van der Waals surface area contributed by atoms with Crippen LogP contribution in [-0.2, 0) is 20.8 Å².